The highest BCUT2D eigenvalue weighted by Gasteiger charge is 2.15. The quantitative estimate of drug-likeness (QED) is 0.434. The fraction of sp³-hybridized carbons (Fsp3) is 0.917. The topological polar surface area (TPSA) is 54.0 Å². The lowest BCUT2D eigenvalue weighted by Gasteiger charge is -2.17. The Morgan fingerprint density at radius 3 is 2.24 bits per heavy atom. The minimum Gasteiger partial charge on any atom is -0.465 e. The molecule has 0 saturated heterocycles. The number of hydrogen-bond donors (Lipinski definition) is 0. The molecule has 1 unspecified atom stereocenters. The number of ether oxygens (including phenoxy) is 4. The highest BCUT2D eigenvalue weighted by Crippen LogP contribution is 2.04. The van der Waals surface area contributed by atoms with Crippen molar-refractivity contribution < 1.29 is 23.7 Å². The fourth-order valence-electron chi connectivity index (χ4n) is 1.30. The van der Waals surface area contributed by atoms with E-state index in [0.29, 0.717) is 32.8 Å². The zero-order chi connectivity index (χ0) is 13.1. The zero-order valence-corrected chi connectivity index (χ0v) is 11.2. The summed E-state index contributed by atoms with van der Waals surface area (Å²) in [6.07, 6.45) is 0.253. The van der Waals surface area contributed by atoms with Gasteiger partial charge in [0.1, 0.15) is 0 Å². The summed E-state index contributed by atoms with van der Waals surface area (Å²) in [5.41, 5.74) is 0. The van der Waals surface area contributed by atoms with E-state index in [0.717, 1.165) is 0 Å². The number of methoxy groups -OCH3 is 1. The van der Waals surface area contributed by atoms with E-state index in [1.54, 1.807) is 14.0 Å². The third kappa shape index (κ3) is 8.12. The third-order valence-electron chi connectivity index (χ3n) is 2.12. The Hall–Kier alpha value is -0.650. The predicted octanol–water partition coefficient (Wildman–Crippen LogP) is 1.60. The lowest BCUT2D eigenvalue weighted by Crippen LogP contribution is -2.23. The lowest BCUT2D eigenvalue weighted by molar-refractivity contribution is -0.161. The third-order valence-corrected chi connectivity index (χ3v) is 2.12. The van der Waals surface area contributed by atoms with Crippen LogP contribution in [0.25, 0.3) is 0 Å². The molecule has 0 amide bonds. The van der Waals surface area contributed by atoms with E-state index in [2.05, 4.69) is 0 Å². The minimum absolute atomic E-state index is 0.238. The fourth-order valence-corrected chi connectivity index (χ4v) is 1.30. The van der Waals surface area contributed by atoms with E-state index in [-0.39, 0.29) is 18.2 Å². The maximum Gasteiger partial charge on any atom is 0.310 e. The van der Waals surface area contributed by atoms with Crippen molar-refractivity contribution in [3.63, 3.8) is 0 Å². The van der Waals surface area contributed by atoms with E-state index >= 15 is 0 Å². The molecule has 0 bridgehead atoms. The highest BCUT2D eigenvalue weighted by molar-refractivity contribution is 5.72. The van der Waals surface area contributed by atoms with Gasteiger partial charge >= 0.3 is 5.97 Å². The maximum absolute atomic E-state index is 11.4. The van der Waals surface area contributed by atoms with Crippen LogP contribution in [0, 0.1) is 5.92 Å². The smallest absolute Gasteiger partial charge is 0.310 e. The molecular formula is C12H24O5. The van der Waals surface area contributed by atoms with Crippen LogP contribution in [0.4, 0.5) is 0 Å². The van der Waals surface area contributed by atoms with Gasteiger partial charge in [-0.3, -0.25) is 4.79 Å². The van der Waals surface area contributed by atoms with Gasteiger partial charge in [0.25, 0.3) is 0 Å². The molecule has 0 aromatic heterocycles. The molecule has 0 N–H and O–H groups in total. The van der Waals surface area contributed by atoms with Crippen molar-refractivity contribution in [2.45, 2.75) is 33.5 Å². The van der Waals surface area contributed by atoms with Crippen LogP contribution in [-0.2, 0) is 23.7 Å². The number of hydrogen-bond acceptors (Lipinski definition) is 5. The summed E-state index contributed by atoms with van der Waals surface area (Å²) in [6, 6.07) is 0. The SMILES string of the molecule is CCOC(CCOC(=O)C(C)COC)OCC. The van der Waals surface area contributed by atoms with Gasteiger partial charge in [-0.2, -0.15) is 0 Å². The molecular weight excluding hydrogens is 224 g/mol. The molecule has 5 heteroatoms. The summed E-state index contributed by atoms with van der Waals surface area (Å²) < 4.78 is 20.6. The van der Waals surface area contributed by atoms with Crippen molar-refractivity contribution in [2.75, 3.05) is 33.5 Å². The Bertz CT molecular complexity index is 189. The summed E-state index contributed by atoms with van der Waals surface area (Å²) in [7, 11) is 1.56. The molecule has 0 spiro atoms. The Balaban J connectivity index is 3.75. The van der Waals surface area contributed by atoms with Crippen LogP contribution < -0.4 is 0 Å². The summed E-state index contributed by atoms with van der Waals surface area (Å²) >= 11 is 0. The molecule has 0 aliphatic rings. The molecule has 0 radical (unpaired) electrons. The molecule has 0 fully saturated rings. The first-order valence-electron chi connectivity index (χ1n) is 6.04. The van der Waals surface area contributed by atoms with Gasteiger partial charge in [-0.15, -0.1) is 0 Å². The standard InChI is InChI=1S/C12H24O5/c1-5-15-11(16-6-2)7-8-17-12(13)10(3)9-14-4/h10-11H,5-9H2,1-4H3. The van der Waals surface area contributed by atoms with Crippen LogP contribution >= 0.6 is 0 Å². The van der Waals surface area contributed by atoms with Crippen molar-refractivity contribution in [3.8, 4) is 0 Å². The van der Waals surface area contributed by atoms with Crippen LogP contribution in [0.1, 0.15) is 27.2 Å². The van der Waals surface area contributed by atoms with Gasteiger partial charge in [0, 0.05) is 26.7 Å². The van der Waals surface area contributed by atoms with Crippen LogP contribution in [0.15, 0.2) is 0 Å². The largest absolute Gasteiger partial charge is 0.465 e. The van der Waals surface area contributed by atoms with Crippen LogP contribution in [0.5, 0.6) is 0 Å². The second-order valence-electron chi connectivity index (χ2n) is 3.65. The van der Waals surface area contributed by atoms with Crippen LogP contribution in [0.3, 0.4) is 0 Å². The Morgan fingerprint density at radius 2 is 1.76 bits per heavy atom. The summed E-state index contributed by atoms with van der Waals surface area (Å²) in [4.78, 5) is 11.4. The Kier molecular flexibility index (Phi) is 10.1. The normalized spacial score (nSPS) is 12.8. The second kappa shape index (κ2) is 10.5. The Morgan fingerprint density at radius 1 is 1.18 bits per heavy atom. The first-order chi connectivity index (χ1) is 8.15. The minimum atomic E-state index is -0.296. The van der Waals surface area contributed by atoms with Crippen molar-refractivity contribution in [2.24, 2.45) is 5.92 Å². The predicted molar refractivity (Wildman–Crippen MR) is 63.7 cm³/mol. The van der Waals surface area contributed by atoms with E-state index in [1.807, 2.05) is 13.8 Å². The number of carbonyl (C=O) groups excluding carboxylic acids is 1. The molecule has 17 heavy (non-hydrogen) atoms. The maximum atomic E-state index is 11.4. The van der Waals surface area contributed by atoms with Gasteiger partial charge < -0.3 is 18.9 Å². The van der Waals surface area contributed by atoms with Crippen molar-refractivity contribution >= 4 is 5.97 Å². The van der Waals surface area contributed by atoms with Crippen molar-refractivity contribution in [1.29, 1.82) is 0 Å². The summed E-state index contributed by atoms with van der Waals surface area (Å²) in [5, 5.41) is 0. The Labute approximate surface area is 103 Å². The van der Waals surface area contributed by atoms with Gasteiger partial charge in [0.05, 0.1) is 19.1 Å². The summed E-state index contributed by atoms with van der Waals surface area (Å²) in [6.45, 7) is 7.42. The molecule has 0 aromatic rings. The van der Waals surface area contributed by atoms with E-state index < -0.39 is 0 Å². The number of rotatable bonds is 10. The monoisotopic (exact) mass is 248 g/mol. The highest BCUT2D eigenvalue weighted by atomic mass is 16.7. The lowest BCUT2D eigenvalue weighted by atomic mass is 10.2. The molecule has 102 valence electrons. The number of esters is 1. The van der Waals surface area contributed by atoms with E-state index in [9.17, 15) is 4.79 Å². The molecule has 0 aliphatic carbocycles. The van der Waals surface area contributed by atoms with Gasteiger partial charge in [-0.05, 0) is 20.8 Å². The van der Waals surface area contributed by atoms with Gasteiger partial charge in [-0.25, -0.2) is 0 Å². The first-order valence-corrected chi connectivity index (χ1v) is 6.04. The molecule has 0 aliphatic heterocycles. The van der Waals surface area contributed by atoms with Gasteiger partial charge in [-0.1, -0.05) is 0 Å². The molecule has 0 heterocycles. The average Bonchev–Trinajstić information content (AvgIpc) is 2.29. The molecule has 5 nitrogen and oxygen atoms in total. The molecule has 0 aromatic carbocycles. The average molecular weight is 248 g/mol. The zero-order valence-electron chi connectivity index (χ0n) is 11.2. The molecule has 0 saturated carbocycles. The first kappa shape index (κ1) is 16.4. The molecule has 0 rings (SSSR count). The molecule has 1 atom stereocenters. The summed E-state index contributed by atoms with van der Waals surface area (Å²) in [5.74, 6) is -0.490. The second-order valence-corrected chi connectivity index (χ2v) is 3.65. The van der Waals surface area contributed by atoms with Crippen molar-refractivity contribution in [1.82, 2.24) is 0 Å². The van der Waals surface area contributed by atoms with Gasteiger partial charge in [0.2, 0.25) is 0 Å². The number of carbonyl (C=O) groups is 1. The van der Waals surface area contributed by atoms with Crippen molar-refractivity contribution in [3.05, 3.63) is 0 Å². The van der Waals surface area contributed by atoms with Crippen LogP contribution in [-0.4, -0.2) is 45.8 Å². The van der Waals surface area contributed by atoms with E-state index in [1.165, 1.54) is 0 Å². The van der Waals surface area contributed by atoms with Gasteiger partial charge in [0.15, 0.2) is 6.29 Å². The van der Waals surface area contributed by atoms with E-state index in [4.69, 9.17) is 18.9 Å². The van der Waals surface area contributed by atoms with Crippen LogP contribution in [0.2, 0.25) is 0 Å².